The number of amides is 1. The highest BCUT2D eigenvalue weighted by atomic mass is 19.1. The van der Waals surface area contributed by atoms with Crippen LogP contribution in [0.25, 0.3) is 5.65 Å². The van der Waals surface area contributed by atoms with Crippen LogP contribution in [0.4, 0.5) is 10.1 Å². The number of aryl methyl sites for hydroxylation is 1. The number of carbonyl (C=O) groups excluding carboxylic acids is 2. The van der Waals surface area contributed by atoms with Gasteiger partial charge in [0.1, 0.15) is 11.4 Å². The average molecular weight is 397 g/mol. The number of hydrogen-bond acceptors (Lipinski definition) is 6. The van der Waals surface area contributed by atoms with Gasteiger partial charge in [0.25, 0.3) is 5.91 Å². The van der Waals surface area contributed by atoms with Crippen LogP contribution in [-0.2, 0) is 9.53 Å². The van der Waals surface area contributed by atoms with Crippen LogP contribution in [-0.4, -0.2) is 64.2 Å². The van der Waals surface area contributed by atoms with Crippen molar-refractivity contribution in [3.63, 3.8) is 0 Å². The molecule has 3 heterocycles. The van der Waals surface area contributed by atoms with Crippen molar-refractivity contribution in [3.05, 3.63) is 59.8 Å². The minimum atomic E-state index is -0.630. The molecule has 1 saturated heterocycles. The highest BCUT2D eigenvalue weighted by Crippen LogP contribution is 2.20. The zero-order valence-electron chi connectivity index (χ0n) is 15.9. The minimum Gasteiger partial charge on any atom is -0.452 e. The van der Waals surface area contributed by atoms with E-state index in [0.717, 1.165) is 0 Å². The van der Waals surface area contributed by atoms with E-state index in [1.165, 1.54) is 10.6 Å². The molecule has 3 aromatic rings. The molecule has 1 aromatic carbocycles. The first-order chi connectivity index (χ1) is 14.0. The third-order valence-corrected chi connectivity index (χ3v) is 4.93. The van der Waals surface area contributed by atoms with Crippen molar-refractivity contribution in [2.45, 2.75) is 6.92 Å². The number of piperazine rings is 1. The normalized spacial score (nSPS) is 14.3. The van der Waals surface area contributed by atoms with Gasteiger partial charge >= 0.3 is 5.97 Å². The predicted octanol–water partition coefficient (Wildman–Crippen LogP) is 1.68. The number of rotatable bonds is 4. The van der Waals surface area contributed by atoms with Crippen LogP contribution in [0.15, 0.2) is 42.7 Å². The number of hydrogen-bond donors (Lipinski definition) is 0. The highest BCUT2D eigenvalue weighted by Gasteiger charge is 2.25. The first kappa shape index (κ1) is 18.9. The summed E-state index contributed by atoms with van der Waals surface area (Å²) in [6.07, 6.45) is 3.25. The number of esters is 1. The van der Waals surface area contributed by atoms with E-state index in [1.54, 1.807) is 48.5 Å². The van der Waals surface area contributed by atoms with E-state index in [9.17, 15) is 14.0 Å². The van der Waals surface area contributed by atoms with Gasteiger partial charge in [-0.3, -0.25) is 4.79 Å². The fourth-order valence-corrected chi connectivity index (χ4v) is 3.43. The lowest BCUT2D eigenvalue weighted by Gasteiger charge is -2.36. The Kier molecular flexibility index (Phi) is 5.11. The van der Waals surface area contributed by atoms with Gasteiger partial charge in [-0.2, -0.15) is 5.10 Å². The van der Waals surface area contributed by atoms with E-state index in [0.29, 0.717) is 43.2 Å². The number of para-hydroxylation sites is 1. The van der Waals surface area contributed by atoms with Gasteiger partial charge < -0.3 is 14.5 Å². The summed E-state index contributed by atoms with van der Waals surface area (Å²) in [4.78, 5) is 32.6. The molecule has 1 aliphatic rings. The van der Waals surface area contributed by atoms with Crippen LogP contribution in [0.2, 0.25) is 0 Å². The Morgan fingerprint density at radius 3 is 2.66 bits per heavy atom. The van der Waals surface area contributed by atoms with Gasteiger partial charge in [-0.1, -0.05) is 12.1 Å². The quantitative estimate of drug-likeness (QED) is 0.624. The Bertz CT molecular complexity index is 1060. The molecule has 0 spiro atoms. The maximum absolute atomic E-state index is 13.9. The molecule has 1 fully saturated rings. The molecule has 150 valence electrons. The molecular formula is C20H20FN5O3. The Hall–Kier alpha value is -3.49. The number of halogens is 1. The smallest absolute Gasteiger partial charge is 0.344 e. The number of anilines is 1. The van der Waals surface area contributed by atoms with Crippen LogP contribution in [0.3, 0.4) is 0 Å². The summed E-state index contributed by atoms with van der Waals surface area (Å²) < 4.78 is 20.6. The maximum Gasteiger partial charge on any atom is 0.344 e. The van der Waals surface area contributed by atoms with Crippen LogP contribution < -0.4 is 4.90 Å². The second kappa shape index (κ2) is 7.86. The minimum absolute atomic E-state index is 0.253. The number of ether oxygens (including phenoxy) is 1. The van der Waals surface area contributed by atoms with E-state index in [2.05, 4.69) is 10.1 Å². The summed E-state index contributed by atoms with van der Waals surface area (Å²) in [5, 5.41) is 4.22. The zero-order valence-corrected chi connectivity index (χ0v) is 15.9. The lowest BCUT2D eigenvalue weighted by atomic mass is 10.2. The number of fused-ring (bicyclic) bond motifs is 1. The Morgan fingerprint density at radius 1 is 1.14 bits per heavy atom. The van der Waals surface area contributed by atoms with Gasteiger partial charge in [-0.15, -0.1) is 0 Å². The largest absolute Gasteiger partial charge is 0.452 e. The number of carbonyl (C=O) groups is 2. The van der Waals surface area contributed by atoms with Crippen LogP contribution in [0.5, 0.6) is 0 Å². The van der Waals surface area contributed by atoms with Crippen molar-refractivity contribution < 1.29 is 18.7 Å². The SMILES string of the molecule is Cc1nn2cccnc2c1C(=O)OCC(=O)N1CCN(c2ccccc2F)CC1. The first-order valence-corrected chi connectivity index (χ1v) is 9.29. The molecule has 1 aliphatic heterocycles. The van der Waals surface area contributed by atoms with Gasteiger partial charge in [0, 0.05) is 38.6 Å². The molecule has 0 bridgehead atoms. The molecule has 0 saturated carbocycles. The van der Waals surface area contributed by atoms with Crippen molar-refractivity contribution in [2.24, 2.45) is 0 Å². The maximum atomic E-state index is 13.9. The van der Waals surface area contributed by atoms with E-state index < -0.39 is 5.97 Å². The molecule has 0 radical (unpaired) electrons. The van der Waals surface area contributed by atoms with E-state index in [1.807, 2.05) is 4.90 Å². The lowest BCUT2D eigenvalue weighted by molar-refractivity contribution is -0.134. The molecule has 0 N–H and O–H groups in total. The van der Waals surface area contributed by atoms with Crippen molar-refractivity contribution in [2.75, 3.05) is 37.7 Å². The van der Waals surface area contributed by atoms with Crippen molar-refractivity contribution in [1.29, 1.82) is 0 Å². The van der Waals surface area contributed by atoms with E-state index in [4.69, 9.17) is 4.74 Å². The van der Waals surface area contributed by atoms with Crippen LogP contribution in [0.1, 0.15) is 16.1 Å². The molecule has 0 atom stereocenters. The molecule has 1 amide bonds. The molecule has 2 aromatic heterocycles. The second-order valence-electron chi connectivity index (χ2n) is 6.74. The topological polar surface area (TPSA) is 80.0 Å². The Balaban J connectivity index is 1.34. The summed E-state index contributed by atoms with van der Waals surface area (Å²) in [6.45, 7) is 3.22. The first-order valence-electron chi connectivity index (χ1n) is 9.29. The Labute approximate surface area is 166 Å². The number of benzene rings is 1. The molecule has 0 aliphatic carbocycles. The molecule has 4 rings (SSSR count). The van der Waals surface area contributed by atoms with Crippen LogP contribution in [0, 0.1) is 12.7 Å². The molecule has 29 heavy (non-hydrogen) atoms. The highest BCUT2D eigenvalue weighted by molar-refractivity contribution is 5.98. The standard InChI is InChI=1S/C20H20FN5O3/c1-14-18(19-22-7-4-8-26(19)23-14)20(28)29-13-17(27)25-11-9-24(10-12-25)16-6-3-2-5-15(16)21/h2-8H,9-13H2,1H3. The van der Waals surface area contributed by atoms with Crippen molar-refractivity contribution in [1.82, 2.24) is 19.5 Å². The monoisotopic (exact) mass is 397 g/mol. The lowest BCUT2D eigenvalue weighted by Crippen LogP contribution is -2.50. The molecular weight excluding hydrogens is 377 g/mol. The summed E-state index contributed by atoms with van der Waals surface area (Å²) in [5.41, 5.74) is 1.66. The molecule has 8 nitrogen and oxygen atoms in total. The third kappa shape index (κ3) is 3.75. The summed E-state index contributed by atoms with van der Waals surface area (Å²) >= 11 is 0. The fraction of sp³-hybridized carbons (Fsp3) is 0.300. The molecule has 0 unspecified atom stereocenters. The van der Waals surface area contributed by atoms with Gasteiger partial charge in [0.2, 0.25) is 0 Å². The number of aromatic nitrogens is 3. The molecule has 9 heteroatoms. The van der Waals surface area contributed by atoms with Gasteiger partial charge in [-0.25, -0.2) is 18.7 Å². The van der Waals surface area contributed by atoms with Gasteiger partial charge in [0.05, 0.1) is 11.4 Å². The number of nitrogens with zero attached hydrogens (tertiary/aromatic N) is 5. The van der Waals surface area contributed by atoms with E-state index in [-0.39, 0.29) is 23.9 Å². The Morgan fingerprint density at radius 2 is 1.90 bits per heavy atom. The average Bonchev–Trinajstić information content (AvgIpc) is 3.08. The second-order valence-corrected chi connectivity index (χ2v) is 6.74. The zero-order chi connectivity index (χ0) is 20.4. The van der Waals surface area contributed by atoms with Crippen molar-refractivity contribution in [3.8, 4) is 0 Å². The summed E-state index contributed by atoms with van der Waals surface area (Å²) in [7, 11) is 0. The van der Waals surface area contributed by atoms with Crippen molar-refractivity contribution >= 4 is 23.2 Å². The predicted molar refractivity (Wildman–Crippen MR) is 103 cm³/mol. The van der Waals surface area contributed by atoms with Crippen LogP contribution >= 0.6 is 0 Å². The third-order valence-electron chi connectivity index (χ3n) is 4.93. The van der Waals surface area contributed by atoms with Gasteiger partial charge in [0.15, 0.2) is 12.3 Å². The summed E-state index contributed by atoms with van der Waals surface area (Å²) in [6, 6.07) is 8.28. The fourth-order valence-electron chi connectivity index (χ4n) is 3.43. The summed E-state index contributed by atoms with van der Waals surface area (Å²) in [5.74, 6) is -1.19. The van der Waals surface area contributed by atoms with E-state index >= 15 is 0 Å². The van der Waals surface area contributed by atoms with Gasteiger partial charge in [-0.05, 0) is 25.1 Å².